The van der Waals surface area contributed by atoms with Gasteiger partial charge in [-0.2, -0.15) is 0 Å². The van der Waals surface area contributed by atoms with Crippen LogP contribution in [0.4, 0.5) is 0 Å². The van der Waals surface area contributed by atoms with Crippen molar-refractivity contribution in [3.8, 4) is 0 Å². The second kappa shape index (κ2) is 8.84. The third kappa shape index (κ3) is 5.07. The van der Waals surface area contributed by atoms with Gasteiger partial charge in [0.25, 0.3) is 5.91 Å². The Kier molecular flexibility index (Phi) is 6.49. The number of nitrogens with one attached hydrogen (secondary N) is 1. The van der Waals surface area contributed by atoms with Crippen molar-refractivity contribution >= 4 is 22.3 Å². The lowest BCUT2D eigenvalue weighted by molar-refractivity contribution is -0.119. The van der Waals surface area contributed by atoms with Crippen molar-refractivity contribution in [2.24, 2.45) is 0 Å². The van der Waals surface area contributed by atoms with E-state index in [4.69, 9.17) is 0 Å². The van der Waals surface area contributed by atoms with E-state index in [1.165, 1.54) is 12.1 Å². The van der Waals surface area contributed by atoms with Crippen LogP contribution in [0, 0.1) is 0 Å². The predicted molar refractivity (Wildman–Crippen MR) is 102 cm³/mol. The van der Waals surface area contributed by atoms with Crippen LogP contribution < -0.4 is 4.72 Å². The molecule has 27 heavy (non-hydrogen) atoms. The number of carbonyl (C=O) groups is 2. The second-order valence-corrected chi connectivity index (χ2v) is 8.99. The van der Waals surface area contributed by atoms with E-state index in [1.54, 1.807) is 21.9 Å². The topological polar surface area (TPSA) is 86.8 Å². The summed E-state index contributed by atoms with van der Waals surface area (Å²) in [7, 11) is -3.65. The van der Waals surface area contributed by atoms with Crippen LogP contribution in [0.5, 0.6) is 0 Å². The van der Waals surface area contributed by atoms with Gasteiger partial charge in [-0.3, -0.25) is 9.59 Å². The van der Waals surface area contributed by atoms with Crippen molar-refractivity contribution in [1.29, 1.82) is 0 Å². The zero-order chi connectivity index (χ0) is 19.3. The van der Waals surface area contributed by atoms with E-state index in [0.29, 0.717) is 31.7 Å². The molecule has 0 atom stereocenters. The van der Waals surface area contributed by atoms with Crippen LogP contribution in [0.25, 0.3) is 0 Å². The predicted octanol–water partition coefficient (Wildman–Crippen LogP) is 1.60. The van der Waals surface area contributed by atoms with Gasteiger partial charge in [0.15, 0.2) is 0 Å². The fourth-order valence-corrected chi connectivity index (χ4v) is 5.04. The molecule has 1 aliphatic carbocycles. The first-order valence-electron chi connectivity index (χ1n) is 9.60. The zero-order valence-corrected chi connectivity index (χ0v) is 16.3. The van der Waals surface area contributed by atoms with E-state index in [1.807, 2.05) is 0 Å². The number of nitrogens with zero attached hydrogens (tertiary/aromatic N) is 2. The molecule has 1 aromatic rings. The highest BCUT2D eigenvalue weighted by Gasteiger charge is 2.24. The number of benzene rings is 1. The van der Waals surface area contributed by atoms with Crippen molar-refractivity contribution in [2.75, 3.05) is 26.2 Å². The molecule has 0 radical (unpaired) electrons. The lowest BCUT2D eigenvalue weighted by Gasteiger charge is -2.32. The SMILES string of the molecule is O=CN1CCN(C(=O)c2cccc(S(=O)(=O)NC3CCCCCC3)c2)CC1. The van der Waals surface area contributed by atoms with E-state index < -0.39 is 10.0 Å². The molecule has 2 aliphatic rings. The van der Waals surface area contributed by atoms with Crippen LogP contribution in [0.3, 0.4) is 0 Å². The van der Waals surface area contributed by atoms with Gasteiger partial charge >= 0.3 is 0 Å². The summed E-state index contributed by atoms with van der Waals surface area (Å²) in [4.78, 5) is 26.9. The highest BCUT2D eigenvalue weighted by Crippen LogP contribution is 2.20. The minimum Gasteiger partial charge on any atom is -0.342 e. The molecule has 2 fully saturated rings. The Balaban J connectivity index is 1.70. The molecule has 0 spiro atoms. The summed E-state index contributed by atoms with van der Waals surface area (Å²) in [6.45, 7) is 1.90. The minimum absolute atomic E-state index is 0.0340. The van der Waals surface area contributed by atoms with Crippen LogP contribution in [0.2, 0.25) is 0 Å². The number of piperazine rings is 1. The molecule has 1 saturated heterocycles. The highest BCUT2D eigenvalue weighted by molar-refractivity contribution is 7.89. The van der Waals surface area contributed by atoms with Crippen LogP contribution in [0.1, 0.15) is 48.9 Å². The Morgan fingerprint density at radius 1 is 1.04 bits per heavy atom. The fourth-order valence-electron chi connectivity index (χ4n) is 3.69. The van der Waals surface area contributed by atoms with Gasteiger partial charge in [0.05, 0.1) is 4.90 Å². The summed E-state index contributed by atoms with van der Waals surface area (Å²) in [6.07, 6.45) is 6.89. The van der Waals surface area contributed by atoms with Crippen molar-refractivity contribution in [3.63, 3.8) is 0 Å². The molecular formula is C19H27N3O4S. The van der Waals surface area contributed by atoms with E-state index in [2.05, 4.69) is 4.72 Å². The van der Waals surface area contributed by atoms with Gasteiger partial charge in [-0.25, -0.2) is 13.1 Å². The van der Waals surface area contributed by atoms with Gasteiger partial charge in [-0.15, -0.1) is 0 Å². The van der Waals surface area contributed by atoms with E-state index >= 15 is 0 Å². The smallest absolute Gasteiger partial charge is 0.254 e. The van der Waals surface area contributed by atoms with Gasteiger partial charge in [-0.1, -0.05) is 31.7 Å². The molecule has 148 valence electrons. The minimum atomic E-state index is -3.65. The third-order valence-corrected chi connectivity index (χ3v) is 6.84. The molecule has 0 aromatic heterocycles. The van der Waals surface area contributed by atoms with Crippen LogP contribution in [-0.4, -0.2) is 62.8 Å². The monoisotopic (exact) mass is 393 g/mol. The largest absolute Gasteiger partial charge is 0.342 e. The first-order chi connectivity index (χ1) is 13.0. The molecule has 1 N–H and O–H groups in total. The first-order valence-corrected chi connectivity index (χ1v) is 11.1. The number of rotatable bonds is 5. The van der Waals surface area contributed by atoms with Crippen molar-refractivity contribution in [3.05, 3.63) is 29.8 Å². The molecule has 1 aliphatic heterocycles. The van der Waals surface area contributed by atoms with Gasteiger partial charge in [0, 0.05) is 37.8 Å². The van der Waals surface area contributed by atoms with Crippen LogP contribution in [-0.2, 0) is 14.8 Å². The molecule has 7 nitrogen and oxygen atoms in total. The van der Waals surface area contributed by atoms with E-state index in [0.717, 1.165) is 44.9 Å². The van der Waals surface area contributed by atoms with Crippen LogP contribution >= 0.6 is 0 Å². The van der Waals surface area contributed by atoms with Gasteiger partial charge in [0.1, 0.15) is 0 Å². The summed E-state index contributed by atoms with van der Waals surface area (Å²) >= 11 is 0. The van der Waals surface area contributed by atoms with E-state index in [9.17, 15) is 18.0 Å². The summed E-state index contributed by atoms with van der Waals surface area (Å²) < 4.78 is 28.3. The summed E-state index contributed by atoms with van der Waals surface area (Å²) in [5.41, 5.74) is 0.360. The Bertz CT molecular complexity index is 765. The summed E-state index contributed by atoms with van der Waals surface area (Å²) in [6, 6.07) is 6.19. The number of hydrogen-bond donors (Lipinski definition) is 1. The maximum absolute atomic E-state index is 12.8. The zero-order valence-electron chi connectivity index (χ0n) is 15.5. The number of sulfonamides is 1. The first kappa shape index (κ1) is 19.8. The average molecular weight is 394 g/mol. The van der Waals surface area contributed by atoms with Crippen molar-refractivity contribution in [1.82, 2.24) is 14.5 Å². The van der Waals surface area contributed by atoms with Gasteiger partial charge in [0.2, 0.25) is 16.4 Å². The highest BCUT2D eigenvalue weighted by atomic mass is 32.2. The molecule has 1 saturated carbocycles. The molecule has 8 heteroatoms. The number of hydrogen-bond acceptors (Lipinski definition) is 4. The molecule has 0 unspecified atom stereocenters. The Morgan fingerprint density at radius 3 is 2.33 bits per heavy atom. The lowest BCUT2D eigenvalue weighted by atomic mass is 10.1. The van der Waals surface area contributed by atoms with Crippen molar-refractivity contribution < 1.29 is 18.0 Å². The second-order valence-electron chi connectivity index (χ2n) is 7.27. The lowest BCUT2D eigenvalue weighted by Crippen LogP contribution is -2.48. The Hall–Kier alpha value is -1.93. The Labute approximate surface area is 160 Å². The Morgan fingerprint density at radius 2 is 1.70 bits per heavy atom. The molecular weight excluding hydrogens is 366 g/mol. The van der Waals surface area contributed by atoms with E-state index in [-0.39, 0.29) is 16.8 Å². The number of carbonyl (C=O) groups excluding carboxylic acids is 2. The third-order valence-electron chi connectivity index (χ3n) is 5.32. The summed E-state index contributed by atoms with van der Waals surface area (Å²) in [5, 5.41) is 0. The molecule has 2 amide bonds. The normalized spacial score (nSPS) is 19.6. The average Bonchev–Trinajstić information content (AvgIpc) is 2.96. The van der Waals surface area contributed by atoms with Crippen LogP contribution in [0.15, 0.2) is 29.2 Å². The maximum atomic E-state index is 12.8. The van der Waals surface area contributed by atoms with Gasteiger partial charge < -0.3 is 9.80 Å². The fraction of sp³-hybridized carbons (Fsp3) is 0.579. The molecule has 3 rings (SSSR count). The molecule has 0 bridgehead atoms. The standard InChI is InChI=1S/C19H27N3O4S/c23-15-21-10-12-22(13-11-21)19(24)16-6-5-9-18(14-16)27(25,26)20-17-7-3-1-2-4-8-17/h5-6,9,14-15,17,20H,1-4,7-8,10-13H2. The summed E-state index contributed by atoms with van der Waals surface area (Å²) in [5.74, 6) is -0.202. The number of amides is 2. The molecule has 1 heterocycles. The maximum Gasteiger partial charge on any atom is 0.254 e. The van der Waals surface area contributed by atoms with Crippen molar-refractivity contribution in [2.45, 2.75) is 49.5 Å². The molecule has 1 aromatic carbocycles. The quantitative estimate of drug-likeness (QED) is 0.608. The van der Waals surface area contributed by atoms with Gasteiger partial charge in [-0.05, 0) is 31.0 Å².